The molecule has 0 radical (unpaired) electrons. The molecule has 1 rings (SSSR count). The highest BCUT2D eigenvalue weighted by molar-refractivity contribution is 5.67. The first-order valence-electron chi connectivity index (χ1n) is 6.40. The molecule has 0 aliphatic heterocycles. The van der Waals surface area contributed by atoms with Crippen LogP contribution in [0.5, 0.6) is 5.75 Å². The molecule has 8 heteroatoms. The Morgan fingerprint density at radius 1 is 1.43 bits per heavy atom. The van der Waals surface area contributed by atoms with Crippen LogP contribution in [-0.2, 0) is 9.53 Å². The number of carbonyl (C=O) groups is 1. The number of aliphatic carboxylic acids is 1. The Kier molecular flexibility index (Phi) is 6.96. The van der Waals surface area contributed by atoms with Crippen molar-refractivity contribution in [3.63, 3.8) is 0 Å². The second kappa shape index (κ2) is 8.75. The number of carboxylic acids is 1. The maximum Gasteiger partial charge on any atom is 0.303 e. The van der Waals surface area contributed by atoms with E-state index in [1.165, 1.54) is 13.2 Å². The van der Waals surface area contributed by atoms with Gasteiger partial charge in [-0.15, -0.1) is 0 Å². The Balaban J connectivity index is 2.66. The minimum absolute atomic E-state index is 0.0129. The Bertz CT molecular complexity index is 492. The van der Waals surface area contributed by atoms with E-state index in [-0.39, 0.29) is 12.1 Å². The molecule has 0 aliphatic carbocycles. The van der Waals surface area contributed by atoms with Gasteiger partial charge in [0.2, 0.25) is 0 Å². The number of hydrogen-bond donors (Lipinski definition) is 2. The molecule has 116 valence electrons. The number of nitrogens with zero attached hydrogens (tertiary/aromatic N) is 1. The maximum atomic E-state index is 11.0. The zero-order chi connectivity index (χ0) is 15.7. The molecule has 2 N–H and O–H groups in total. The molecule has 0 atom stereocenters. The summed E-state index contributed by atoms with van der Waals surface area (Å²) in [6.45, 7) is 1.04. The minimum Gasteiger partial charge on any atom is -0.491 e. The third-order valence-electron chi connectivity index (χ3n) is 2.60. The average molecular weight is 298 g/mol. The lowest BCUT2D eigenvalue weighted by atomic mass is 10.2. The van der Waals surface area contributed by atoms with Gasteiger partial charge in [0.15, 0.2) is 0 Å². The van der Waals surface area contributed by atoms with Crippen LogP contribution in [0, 0.1) is 10.1 Å². The van der Waals surface area contributed by atoms with E-state index in [0.29, 0.717) is 37.6 Å². The summed E-state index contributed by atoms with van der Waals surface area (Å²) < 4.78 is 10.1. The highest BCUT2D eigenvalue weighted by Gasteiger charge is 2.15. The third kappa shape index (κ3) is 6.09. The van der Waals surface area contributed by atoms with Crippen LogP contribution in [0.25, 0.3) is 0 Å². The number of nitro groups is 1. The Hall–Kier alpha value is -2.35. The van der Waals surface area contributed by atoms with Crippen LogP contribution in [0.2, 0.25) is 0 Å². The van der Waals surface area contributed by atoms with Gasteiger partial charge in [-0.25, -0.2) is 0 Å². The number of anilines is 1. The van der Waals surface area contributed by atoms with Crippen LogP contribution in [0.4, 0.5) is 11.4 Å². The van der Waals surface area contributed by atoms with E-state index in [0.717, 1.165) is 0 Å². The van der Waals surface area contributed by atoms with E-state index >= 15 is 0 Å². The molecule has 0 heterocycles. The normalized spacial score (nSPS) is 10.1. The molecule has 0 fully saturated rings. The van der Waals surface area contributed by atoms with Crippen molar-refractivity contribution in [1.82, 2.24) is 0 Å². The number of ether oxygens (including phenoxy) is 2. The monoisotopic (exact) mass is 298 g/mol. The molecule has 1 aromatic carbocycles. The summed E-state index contributed by atoms with van der Waals surface area (Å²) in [5, 5.41) is 22.4. The third-order valence-corrected chi connectivity index (χ3v) is 2.60. The molecule has 0 unspecified atom stereocenters. The van der Waals surface area contributed by atoms with Gasteiger partial charge in [-0.2, -0.15) is 0 Å². The molecule has 1 aromatic rings. The first-order chi connectivity index (χ1) is 10.0. The van der Waals surface area contributed by atoms with Crippen LogP contribution in [0.15, 0.2) is 18.2 Å². The molecule has 0 bridgehead atoms. The van der Waals surface area contributed by atoms with E-state index in [4.69, 9.17) is 14.6 Å². The number of nitrogens with one attached hydrogen (secondary N) is 1. The lowest BCUT2D eigenvalue weighted by Gasteiger charge is -2.09. The van der Waals surface area contributed by atoms with Gasteiger partial charge in [0, 0.05) is 20.1 Å². The fourth-order valence-corrected chi connectivity index (χ4v) is 1.61. The molecule has 0 amide bonds. The highest BCUT2D eigenvalue weighted by atomic mass is 16.6. The molecule has 0 aromatic heterocycles. The minimum atomic E-state index is -0.895. The zero-order valence-corrected chi connectivity index (χ0v) is 11.7. The van der Waals surface area contributed by atoms with Gasteiger partial charge in [0.1, 0.15) is 18.0 Å². The summed E-state index contributed by atoms with van der Waals surface area (Å²) in [7, 11) is 1.54. The smallest absolute Gasteiger partial charge is 0.303 e. The van der Waals surface area contributed by atoms with E-state index in [9.17, 15) is 14.9 Å². The number of rotatable bonds is 10. The van der Waals surface area contributed by atoms with Crippen molar-refractivity contribution in [2.45, 2.75) is 12.8 Å². The number of methoxy groups -OCH3 is 1. The average Bonchev–Trinajstić information content (AvgIpc) is 2.44. The summed E-state index contributed by atoms with van der Waals surface area (Å²) >= 11 is 0. The molecule has 0 spiro atoms. The molecular formula is C13H18N2O6. The number of nitro benzene ring substituents is 1. The van der Waals surface area contributed by atoms with Gasteiger partial charge in [-0.3, -0.25) is 14.9 Å². The summed E-state index contributed by atoms with van der Waals surface area (Å²) in [4.78, 5) is 20.9. The number of benzene rings is 1. The molecule has 0 saturated carbocycles. The SMILES string of the molecule is COCCOc1ccc(NCCCC(=O)O)c([N+](=O)[O-])c1. The van der Waals surface area contributed by atoms with Gasteiger partial charge in [-0.1, -0.05) is 0 Å². The Morgan fingerprint density at radius 3 is 2.81 bits per heavy atom. The van der Waals surface area contributed by atoms with Crippen molar-refractivity contribution >= 4 is 17.3 Å². The van der Waals surface area contributed by atoms with Gasteiger partial charge in [0.05, 0.1) is 17.6 Å². The first kappa shape index (κ1) is 16.7. The van der Waals surface area contributed by atoms with Crippen molar-refractivity contribution in [3.05, 3.63) is 28.3 Å². The summed E-state index contributed by atoms with van der Waals surface area (Å²) in [6, 6.07) is 4.48. The standard InChI is InChI=1S/C13H18N2O6/c1-20-7-8-21-10-4-5-11(12(9-10)15(18)19)14-6-2-3-13(16)17/h4-5,9,14H,2-3,6-8H2,1H3,(H,16,17). The number of hydrogen-bond acceptors (Lipinski definition) is 6. The molecular weight excluding hydrogens is 280 g/mol. The molecule has 0 saturated heterocycles. The molecule has 0 aliphatic rings. The first-order valence-corrected chi connectivity index (χ1v) is 6.40. The highest BCUT2D eigenvalue weighted by Crippen LogP contribution is 2.29. The van der Waals surface area contributed by atoms with Crippen molar-refractivity contribution in [2.24, 2.45) is 0 Å². The van der Waals surface area contributed by atoms with Crippen molar-refractivity contribution < 1.29 is 24.3 Å². The fraction of sp³-hybridized carbons (Fsp3) is 0.462. The number of carboxylic acid groups (broad SMARTS) is 1. The van der Waals surface area contributed by atoms with Crippen LogP contribution < -0.4 is 10.1 Å². The Morgan fingerprint density at radius 2 is 2.19 bits per heavy atom. The van der Waals surface area contributed by atoms with E-state index < -0.39 is 10.9 Å². The van der Waals surface area contributed by atoms with Gasteiger partial charge in [-0.05, 0) is 18.6 Å². The van der Waals surface area contributed by atoms with Crippen molar-refractivity contribution in [3.8, 4) is 5.75 Å². The second-order valence-electron chi connectivity index (χ2n) is 4.20. The largest absolute Gasteiger partial charge is 0.491 e. The lowest BCUT2D eigenvalue weighted by Crippen LogP contribution is -2.08. The van der Waals surface area contributed by atoms with Crippen molar-refractivity contribution in [1.29, 1.82) is 0 Å². The van der Waals surface area contributed by atoms with Crippen LogP contribution >= 0.6 is 0 Å². The summed E-state index contributed by atoms with van der Waals surface area (Å²) in [5.74, 6) is -0.511. The van der Waals surface area contributed by atoms with Crippen LogP contribution in [-0.4, -0.2) is 42.9 Å². The van der Waals surface area contributed by atoms with Crippen LogP contribution in [0.1, 0.15) is 12.8 Å². The van der Waals surface area contributed by atoms with Gasteiger partial charge in [0.25, 0.3) is 5.69 Å². The van der Waals surface area contributed by atoms with Gasteiger partial charge < -0.3 is 19.9 Å². The topological polar surface area (TPSA) is 111 Å². The van der Waals surface area contributed by atoms with E-state index in [1.807, 2.05) is 0 Å². The summed E-state index contributed by atoms with van der Waals surface area (Å²) in [5.41, 5.74) is 0.227. The summed E-state index contributed by atoms with van der Waals surface area (Å²) in [6.07, 6.45) is 0.400. The predicted molar refractivity (Wildman–Crippen MR) is 75.8 cm³/mol. The fourth-order valence-electron chi connectivity index (χ4n) is 1.61. The molecule has 21 heavy (non-hydrogen) atoms. The van der Waals surface area contributed by atoms with E-state index in [1.54, 1.807) is 12.1 Å². The Labute approximate surface area is 121 Å². The van der Waals surface area contributed by atoms with Crippen molar-refractivity contribution in [2.75, 3.05) is 32.2 Å². The van der Waals surface area contributed by atoms with Crippen LogP contribution in [0.3, 0.4) is 0 Å². The molecule has 8 nitrogen and oxygen atoms in total. The van der Waals surface area contributed by atoms with Gasteiger partial charge >= 0.3 is 5.97 Å². The second-order valence-corrected chi connectivity index (χ2v) is 4.20. The predicted octanol–water partition coefficient (Wildman–Crippen LogP) is 1.90. The quantitative estimate of drug-likeness (QED) is 0.385. The van der Waals surface area contributed by atoms with E-state index in [2.05, 4.69) is 5.32 Å². The lowest BCUT2D eigenvalue weighted by molar-refractivity contribution is -0.384. The maximum absolute atomic E-state index is 11.0. The zero-order valence-electron chi connectivity index (χ0n) is 11.7.